The molecule has 11 heteroatoms. The number of nitrogens with zero attached hydrogens (tertiary/aromatic N) is 3. The molecule has 0 aliphatic carbocycles. The largest absolute Gasteiger partial charge is 0.462 e. The molecule has 32 heavy (non-hydrogen) atoms. The highest BCUT2D eigenvalue weighted by molar-refractivity contribution is 6.33. The molecule has 9 nitrogen and oxygen atoms in total. The lowest BCUT2D eigenvalue weighted by Gasteiger charge is -2.35. The fourth-order valence-corrected chi connectivity index (χ4v) is 3.55. The maximum Gasteiger partial charge on any atom is 0.338 e. The summed E-state index contributed by atoms with van der Waals surface area (Å²) < 4.78 is 18.1. The minimum atomic E-state index is -0.767. The Morgan fingerprint density at radius 1 is 1.03 bits per heavy atom. The van der Waals surface area contributed by atoms with Gasteiger partial charge in [-0.3, -0.25) is 19.7 Å². The maximum atomic E-state index is 13.2. The lowest BCUT2D eigenvalue weighted by atomic mass is 10.1. The molecule has 1 heterocycles. The van der Waals surface area contributed by atoms with Gasteiger partial charge in [0.15, 0.2) is 0 Å². The Balaban J connectivity index is 1.74. The molecule has 1 aliphatic rings. The van der Waals surface area contributed by atoms with Gasteiger partial charge in [0, 0.05) is 43.9 Å². The van der Waals surface area contributed by atoms with E-state index in [0.29, 0.717) is 0 Å². The van der Waals surface area contributed by atoms with Gasteiger partial charge in [-0.05, 0) is 31.2 Å². The van der Waals surface area contributed by atoms with Crippen LogP contribution in [-0.4, -0.2) is 65.3 Å². The van der Waals surface area contributed by atoms with Gasteiger partial charge in [-0.25, -0.2) is 9.18 Å². The second-order valence-electron chi connectivity index (χ2n) is 6.95. The zero-order chi connectivity index (χ0) is 23.4. The molecular formula is C21H19ClFN3O6. The number of carbonyl (C=O) groups is 3. The van der Waals surface area contributed by atoms with E-state index in [1.807, 2.05) is 0 Å². The fraction of sp³-hybridized carbons (Fsp3) is 0.286. The summed E-state index contributed by atoms with van der Waals surface area (Å²) >= 11 is 5.96. The Morgan fingerprint density at radius 2 is 1.62 bits per heavy atom. The number of halogens is 2. The summed E-state index contributed by atoms with van der Waals surface area (Å²) in [5.41, 5.74) is -0.364. The van der Waals surface area contributed by atoms with Crippen molar-refractivity contribution >= 4 is 35.1 Å². The van der Waals surface area contributed by atoms with Crippen molar-refractivity contribution in [2.75, 3.05) is 32.8 Å². The van der Waals surface area contributed by atoms with Crippen molar-refractivity contribution in [1.82, 2.24) is 9.80 Å². The number of nitro benzene ring substituents is 1. The predicted molar refractivity (Wildman–Crippen MR) is 112 cm³/mol. The van der Waals surface area contributed by atoms with E-state index in [9.17, 15) is 28.9 Å². The quantitative estimate of drug-likeness (QED) is 0.382. The molecule has 0 aromatic heterocycles. The molecule has 0 saturated carbocycles. The van der Waals surface area contributed by atoms with Crippen LogP contribution in [0.2, 0.25) is 5.02 Å². The Bertz CT molecular complexity index is 1090. The van der Waals surface area contributed by atoms with E-state index < -0.39 is 28.3 Å². The van der Waals surface area contributed by atoms with Gasteiger partial charge in [-0.1, -0.05) is 11.6 Å². The molecule has 168 valence electrons. The van der Waals surface area contributed by atoms with E-state index in [2.05, 4.69) is 0 Å². The van der Waals surface area contributed by atoms with Crippen LogP contribution in [0.4, 0.5) is 10.1 Å². The van der Waals surface area contributed by atoms with Crippen LogP contribution in [-0.2, 0) is 4.74 Å². The zero-order valence-electron chi connectivity index (χ0n) is 17.0. The van der Waals surface area contributed by atoms with Gasteiger partial charge < -0.3 is 14.5 Å². The van der Waals surface area contributed by atoms with Gasteiger partial charge >= 0.3 is 5.97 Å². The van der Waals surface area contributed by atoms with Gasteiger partial charge in [0.05, 0.1) is 27.7 Å². The summed E-state index contributed by atoms with van der Waals surface area (Å²) in [5.74, 6) is -2.22. The minimum Gasteiger partial charge on any atom is -0.462 e. The third-order valence-corrected chi connectivity index (χ3v) is 5.22. The molecule has 1 aliphatic heterocycles. The molecule has 0 bridgehead atoms. The molecular weight excluding hydrogens is 445 g/mol. The van der Waals surface area contributed by atoms with Gasteiger partial charge in [0.1, 0.15) is 5.82 Å². The van der Waals surface area contributed by atoms with Crippen LogP contribution in [0.1, 0.15) is 38.0 Å². The minimum absolute atomic E-state index is 0.00315. The average molecular weight is 464 g/mol. The van der Waals surface area contributed by atoms with Crippen LogP contribution in [0.3, 0.4) is 0 Å². The molecule has 0 atom stereocenters. The molecule has 2 aromatic carbocycles. The van der Waals surface area contributed by atoms with Crippen molar-refractivity contribution in [2.24, 2.45) is 0 Å². The third kappa shape index (κ3) is 5.02. The number of rotatable bonds is 5. The summed E-state index contributed by atoms with van der Waals surface area (Å²) in [5, 5.41) is 11.2. The lowest BCUT2D eigenvalue weighted by Crippen LogP contribution is -2.50. The van der Waals surface area contributed by atoms with Crippen LogP contribution >= 0.6 is 11.6 Å². The Hall–Kier alpha value is -3.53. The highest BCUT2D eigenvalue weighted by atomic mass is 35.5. The Kier molecular flexibility index (Phi) is 7.04. The number of esters is 1. The molecule has 2 amide bonds. The topological polar surface area (TPSA) is 110 Å². The summed E-state index contributed by atoms with van der Waals surface area (Å²) in [6, 6.07) is 6.90. The number of hydrogen-bond donors (Lipinski definition) is 0. The van der Waals surface area contributed by atoms with E-state index in [1.54, 1.807) is 6.92 Å². The van der Waals surface area contributed by atoms with Gasteiger partial charge in [0.25, 0.3) is 17.5 Å². The Morgan fingerprint density at radius 3 is 2.19 bits per heavy atom. The first-order valence-electron chi connectivity index (χ1n) is 9.71. The number of carbonyl (C=O) groups excluding carboxylic acids is 3. The van der Waals surface area contributed by atoms with E-state index >= 15 is 0 Å². The summed E-state index contributed by atoms with van der Waals surface area (Å²) in [6.45, 7) is 2.40. The number of hydrogen-bond acceptors (Lipinski definition) is 6. The summed E-state index contributed by atoms with van der Waals surface area (Å²) in [4.78, 5) is 51.1. The normalized spacial score (nSPS) is 13.6. The monoisotopic (exact) mass is 463 g/mol. The number of piperazine rings is 1. The van der Waals surface area contributed by atoms with E-state index in [4.69, 9.17) is 16.3 Å². The molecule has 0 radical (unpaired) electrons. The second kappa shape index (κ2) is 9.73. The zero-order valence-corrected chi connectivity index (χ0v) is 17.8. The van der Waals surface area contributed by atoms with Gasteiger partial charge in [-0.15, -0.1) is 0 Å². The van der Waals surface area contributed by atoms with Crippen molar-refractivity contribution in [3.8, 4) is 0 Å². The van der Waals surface area contributed by atoms with Crippen molar-refractivity contribution in [3.63, 3.8) is 0 Å². The van der Waals surface area contributed by atoms with Crippen LogP contribution < -0.4 is 0 Å². The van der Waals surface area contributed by atoms with Crippen LogP contribution in [0.15, 0.2) is 36.4 Å². The smallest absolute Gasteiger partial charge is 0.338 e. The van der Waals surface area contributed by atoms with E-state index in [1.165, 1.54) is 21.9 Å². The van der Waals surface area contributed by atoms with Crippen molar-refractivity contribution in [1.29, 1.82) is 0 Å². The SMILES string of the molecule is CCOC(=O)c1cc(C(=O)N2CCN(C(=O)c3ccc(F)cc3Cl)CC2)cc([N+](=O)[O-])c1. The first kappa shape index (κ1) is 23.1. The van der Waals surface area contributed by atoms with Gasteiger partial charge in [0.2, 0.25) is 0 Å². The predicted octanol–water partition coefficient (Wildman–Crippen LogP) is 3.16. The van der Waals surface area contributed by atoms with E-state index in [-0.39, 0.29) is 60.4 Å². The molecule has 0 N–H and O–H groups in total. The standard InChI is InChI=1S/C21H19ClFN3O6/c1-2-32-21(29)14-9-13(10-16(11-14)26(30)31)19(27)24-5-7-25(8-6-24)20(28)17-4-3-15(23)12-18(17)22/h3-4,9-12H,2,5-8H2,1H3. The van der Waals surface area contributed by atoms with Gasteiger partial charge in [-0.2, -0.15) is 0 Å². The van der Waals surface area contributed by atoms with Crippen molar-refractivity contribution in [3.05, 3.63) is 74.0 Å². The van der Waals surface area contributed by atoms with Crippen molar-refractivity contribution in [2.45, 2.75) is 6.92 Å². The number of ether oxygens (including phenoxy) is 1. The Labute approximate surface area is 187 Å². The first-order valence-corrected chi connectivity index (χ1v) is 10.1. The number of non-ortho nitro benzene ring substituents is 1. The van der Waals surface area contributed by atoms with Crippen LogP contribution in [0.25, 0.3) is 0 Å². The molecule has 1 saturated heterocycles. The molecule has 0 spiro atoms. The summed E-state index contributed by atoms with van der Waals surface area (Å²) in [7, 11) is 0. The number of amides is 2. The maximum absolute atomic E-state index is 13.2. The highest BCUT2D eigenvalue weighted by Gasteiger charge is 2.28. The first-order chi connectivity index (χ1) is 15.2. The second-order valence-corrected chi connectivity index (χ2v) is 7.36. The van der Waals surface area contributed by atoms with Crippen LogP contribution in [0.5, 0.6) is 0 Å². The van der Waals surface area contributed by atoms with E-state index in [0.717, 1.165) is 24.3 Å². The molecule has 0 unspecified atom stereocenters. The number of benzene rings is 2. The molecule has 2 aromatic rings. The number of nitro groups is 1. The summed E-state index contributed by atoms with van der Waals surface area (Å²) in [6.07, 6.45) is 0. The lowest BCUT2D eigenvalue weighted by molar-refractivity contribution is -0.384. The highest BCUT2D eigenvalue weighted by Crippen LogP contribution is 2.22. The van der Waals surface area contributed by atoms with Crippen LogP contribution in [0, 0.1) is 15.9 Å². The third-order valence-electron chi connectivity index (χ3n) is 4.90. The fourth-order valence-electron chi connectivity index (χ4n) is 3.30. The van der Waals surface area contributed by atoms with Crippen molar-refractivity contribution < 1.29 is 28.4 Å². The molecule has 3 rings (SSSR count). The average Bonchev–Trinajstić information content (AvgIpc) is 2.78. The molecule has 1 fully saturated rings.